The number of carbonyl (C=O) groups excluding carboxylic acids is 1. The van der Waals surface area contributed by atoms with Crippen LogP contribution in [0.2, 0.25) is 0 Å². The van der Waals surface area contributed by atoms with E-state index in [1.807, 2.05) is 31.2 Å². The number of primary sulfonamides is 1. The maximum Gasteiger partial charge on any atom is 0.292 e. The van der Waals surface area contributed by atoms with Crippen molar-refractivity contribution < 1.29 is 22.0 Å². The molecule has 0 aliphatic heterocycles. The highest BCUT2D eigenvalue weighted by molar-refractivity contribution is 7.89. The molecule has 0 atom stereocenters. The molecule has 0 radical (unpaired) electrons. The molecule has 0 aliphatic rings. The van der Waals surface area contributed by atoms with E-state index >= 15 is 0 Å². The number of aryl methyl sites for hydroxylation is 1. The van der Waals surface area contributed by atoms with E-state index in [4.69, 9.17) is 14.0 Å². The number of nitrogens with two attached hydrogens (primary N) is 1. The summed E-state index contributed by atoms with van der Waals surface area (Å²) in [5.74, 6) is 0.585. The molecule has 39 heavy (non-hydrogen) atoms. The van der Waals surface area contributed by atoms with Crippen LogP contribution in [0.4, 0.5) is 5.00 Å². The van der Waals surface area contributed by atoms with Crippen molar-refractivity contribution in [3.63, 3.8) is 0 Å². The number of allylic oxidation sites excluding steroid dienone is 1. The number of benzene rings is 2. The molecular formula is C28H20N4O5S2. The van der Waals surface area contributed by atoms with Gasteiger partial charge in [0, 0.05) is 17.2 Å². The van der Waals surface area contributed by atoms with Gasteiger partial charge in [-0.05, 0) is 55.5 Å². The molecule has 0 bridgehead atoms. The summed E-state index contributed by atoms with van der Waals surface area (Å²) in [5.41, 5.74) is 3.24. The van der Waals surface area contributed by atoms with Crippen LogP contribution in [-0.2, 0) is 10.0 Å². The average Bonchev–Trinajstić information content (AvgIpc) is 3.69. The molecule has 0 saturated carbocycles. The second-order valence-corrected chi connectivity index (χ2v) is 11.0. The summed E-state index contributed by atoms with van der Waals surface area (Å²) in [4.78, 5) is 17.4. The molecule has 2 aromatic carbocycles. The number of amides is 1. The van der Waals surface area contributed by atoms with Gasteiger partial charge >= 0.3 is 0 Å². The molecule has 0 fully saturated rings. The van der Waals surface area contributed by atoms with Crippen molar-refractivity contribution in [2.24, 2.45) is 5.14 Å². The fraction of sp³-hybridized carbons (Fsp3) is 0.0357. The van der Waals surface area contributed by atoms with Gasteiger partial charge in [-0.15, -0.1) is 0 Å². The molecule has 0 unspecified atom stereocenters. The van der Waals surface area contributed by atoms with E-state index in [9.17, 15) is 18.5 Å². The maximum absolute atomic E-state index is 12.7. The molecule has 1 amide bonds. The third-order valence-corrected chi connectivity index (χ3v) is 7.59. The monoisotopic (exact) mass is 556 g/mol. The van der Waals surface area contributed by atoms with E-state index < -0.39 is 15.9 Å². The Labute approximate surface area is 227 Å². The predicted octanol–water partition coefficient (Wildman–Crippen LogP) is 5.94. The predicted molar refractivity (Wildman–Crippen MR) is 148 cm³/mol. The van der Waals surface area contributed by atoms with Crippen LogP contribution in [0.25, 0.3) is 34.2 Å². The Balaban J connectivity index is 1.48. The maximum atomic E-state index is 12.7. The lowest BCUT2D eigenvalue weighted by molar-refractivity contribution is 0.0997. The molecule has 194 valence electrons. The van der Waals surface area contributed by atoms with E-state index in [2.05, 4.69) is 16.4 Å². The Kier molecular flexibility index (Phi) is 7.00. The molecule has 9 nitrogen and oxygen atoms in total. The van der Waals surface area contributed by atoms with Crippen LogP contribution in [0, 0.1) is 18.3 Å². The molecule has 5 rings (SSSR count). The number of nitrogens with one attached hydrogen (secondary N) is 1. The normalized spacial score (nSPS) is 11.8. The van der Waals surface area contributed by atoms with Crippen LogP contribution in [0.3, 0.4) is 0 Å². The molecule has 3 N–H and O–H groups in total. The largest absolute Gasteiger partial charge is 0.459 e. The molecular weight excluding hydrogens is 536 g/mol. The summed E-state index contributed by atoms with van der Waals surface area (Å²) in [7, 11) is -3.80. The first-order valence-corrected chi connectivity index (χ1v) is 13.9. The van der Waals surface area contributed by atoms with Gasteiger partial charge in [-0.2, -0.15) is 5.26 Å². The summed E-state index contributed by atoms with van der Waals surface area (Å²) >= 11 is 1.16. The third kappa shape index (κ3) is 5.73. The number of hydrogen-bond donors (Lipinski definition) is 2. The first-order valence-electron chi connectivity index (χ1n) is 11.5. The van der Waals surface area contributed by atoms with Gasteiger partial charge in [0.05, 0.1) is 16.7 Å². The number of aromatic nitrogens is 1. The van der Waals surface area contributed by atoms with Gasteiger partial charge in [0.15, 0.2) is 5.76 Å². The van der Waals surface area contributed by atoms with Gasteiger partial charge in [0.2, 0.25) is 10.0 Å². The number of anilines is 1. The highest BCUT2D eigenvalue weighted by Crippen LogP contribution is 2.37. The van der Waals surface area contributed by atoms with Crippen molar-refractivity contribution in [2.45, 2.75) is 11.8 Å². The SMILES string of the molecule is Cc1ccc(-c2nc(C(C#N)=Cc3ccc(-c4ccc(S(N)(=O)=O)cc4)o3)sc2NC(=O)c2ccco2)cc1. The average molecular weight is 557 g/mol. The number of hydrogen-bond acceptors (Lipinski definition) is 8. The molecule has 11 heteroatoms. The van der Waals surface area contributed by atoms with E-state index in [1.54, 1.807) is 42.5 Å². The van der Waals surface area contributed by atoms with Crippen LogP contribution in [-0.4, -0.2) is 19.3 Å². The van der Waals surface area contributed by atoms with Crippen LogP contribution < -0.4 is 10.5 Å². The zero-order valence-electron chi connectivity index (χ0n) is 20.4. The zero-order chi connectivity index (χ0) is 27.6. The molecule has 0 aliphatic carbocycles. The lowest BCUT2D eigenvalue weighted by Crippen LogP contribution is -2.11. The molecule has 0 saturated heterocycles. The Morgan fingerprint density at radius 2 is 1.77 bits per heavy atom. The smallest absolute Gasteiger partial charge is 0.292 e. The van der Waals surface area contributed by atoms with Crippen LogP contribution >= 0.6 is 11.3 Å². The quantitative estimate of drug-likeness (QED) is 0.235. The Morgan fingerprint density at radius 1 is 1.05 bits per heavy atom. The van der Waals surface area contributed by atoms with Crippen molar-refractivity contribution in [3.05, 3.63) is 101 Å². The number of furan rings is 2. The highest BCUT2D eigenvalue weighted by atomic mass is 32.2. The fourth-order valence-electron chi connectivity index (χ4n) is 3.68. The Hall–Kier alpha value is -4.76. The zero-order valence-corrected chi connectivity index (χ0v) is 22.0. The number of carbonyl (C=O) groups is 1. The van der Waals surface area contributed by atoms with Crippen LogP contribution in [0.15, 0.2) is 92.8 Å². The van der Waals surface area contributed by atoms with Gasteiger partial charge < -0.3 is 14.2 Å². The molecule has 0 spiro atoms. The summed E-state index contributed by atoms with van der Waals surface area (Å²) in [6, 6.07) is 22.4. The summed E-state index contributed by atoms with van der Waals surface area (Å²) in [6.07, 6.45) is 2.97. The Bertz CT molecular complexity index is 1820. The first kappa shape index (κ1) is 25.9. The number of thiazole rings is 1. The summed E-state index contributed by atoms with van der Waals surface area (Å²) < 4.78 is 34.1. The minimum absolute atomic E-state index is 0.00668. The van der Waals surface area contributed by atoms with Gasteiger partial charge in [0.25, 0.3) is 5.91 Å². The lowest BCUT2D eigenvalue weighted by Gasteiger charge is -2.04. The topological polar surface area (TPSA) is 152 Å². The van der Waals surface area contributed by atoms with Crippen LogP contribution in [0.5, 0.6) is 0 Å². The Morgan fingerprint density at radius 3 is 2.41 bits per heavy atom. The molecule has 3 heterocycles. The number of nitrogens with zero attached hydrogens (tertiary/aromatic N) is 2. The van der Waals surface area contributed by atoms with Crippen molar-refractivity contribution in [3.8, 4) is 28.7 Å². The van der Waals surface area contributed by atoms with Gasteiger partial charge in [-0.3, -0.25) is 4.79 Å². The van der Waals surface area contributed by atoms with Crippen molar-refractivity contribution in [1.29, 1.82) is 5.26 Å². The second-order valence-electron chi connectivity index (χ2n) is 8.44. The van der Waals surface area contributed by atoms with Crippen LogP contribution in [0.1, 0.15) is 26.9 Å². The highest BCUT2D eigenvalue weighted by Gasteiger charge is 2.20. The number of sulfonamides is 1. The van der Waals surface area contributed by atoms with Crippen molar-refractivity contribution >= 4 is 43.9 Å². The molecule has 5 aromatic rings. The summed E-state index contributed by atoms with van der Waals surface area (Å²) in [6.45, 7) is 1.97. The van der Waals surface area contributed by atoms with Crippen molar-refractivity contribution in [1.82, 2.24) is 4.98 Å². The fourth-order valence-corrected chi connectivity index (χ4v) is 5.14. The summed E-state index contributed by atoms with van der Waals surface area (Å²) in [5, 5.41) is 18.8. The lowest BCUT2D eigenvalue weighted by atomic mass is 10.1. The van der Waals surface area contributed by atoms with Gasteiger partial charge in [-0.1, -0.05) is 41.2 Å². The standard InChI is InChI=1S/C28H20N4O5S2/c1-17-4-6-19(7-5-17)25-28(32-26(33)24-3-2-14-36-24)38-27(31-25)20(16-29)15-21-10-13-23(37-21)18-8-11-22(12-9-18)39(30,34)35/h2-15H,1H3,(H,32,33)(H2,30,34,35). The second kappa shape index (κ2) is 10.5. The van der Waals surface area contributed by atoms with E-state index in [0.29, 0.717) is 32.8 Å². The minimum atomic E-state index is -3.80. The first-order chi connectivity index (χ1) is 18.7. The number of rotatable bonds is 7. The number of nitriles is 1. The van der Waals surface area contributed by atoms with Gasteiger partial charge in [0.1, 0.15) is 33.3 Å². The molecule has 3 aromatic heterocycles. The van der Waals surface area contributed by atoms with Gasteiger partial charge in [-0.25, -0.2) is 18.5 Å². The van der Waals surface area contributed by atoms with Crippen molar-refractivity contribution in [2.75, 3.05) is 5.32 Å². The minimum Gasteiger partial charge on any atom is -0.459 e. The van der Waals surface area contributed by atoms with E-state index in [1.165, 1.54) is 18.4 Å². The third-order valence-electron chi connectivity index (χ3n) is 5.66. The van der Waals surface area contributed by atoms with E-state index in [-0.39, 0.29) is 16.2 Å². The van der Waals surface area contributed by atoms with E-state index in [0.717, 1.165) is 22.5 Å².